The average molecular weight is 311 g/mol. The van der Waals surface area contributed by atoms with Gasteiger partial charge in [-0.3, -0.25) is 9.89 Å². The van der Waals surface area contributed by atoms with Crippen molar-refractivity contribution in [2.75, 3.05) is 6.61 Å². The number of nitrogens with zero attached hydrogens (tertiary/aromatic N) is 1. The first kappa shape index (κ1) is 14.5. The number of aromatic amines is 1. The molecule has 2 aromatic rings. The van der Waals surface area contributed by atoms with Gasteiger partial charge >= 0.3 is 5.97 Å². The minimum atomic E-state index is -0.503. The molecule has 0 radical (unpaired) electrons. The number of carbonyl (C=O) groups is 2. The second-order valence-electron chi connectivity index (χ2n) is 3.72. The van der Waals surface area contributed by atoms with Crippen molar-refractivity contribution in [2.24, 2.45) is 0 Å². The highest BCUT2D eigenvalue weighted by molar-refractivity contribution is 7.18. The van der Waals surface area contributed by atoms with Gasteiger partial charge in [0.05, 0.1) is 22.0 Å². The highest BCUT2D eigenvalue weighted by Gasteiger charge is 2.13. The number of allylic oxidation sites excluding steroid dienone is 1. The van der Waals surface area contributed by atoms with Crippen LogP contribution >= 0.6 is 22.9 Å². The van der Waals surface area contributed by atoms with E-state index in [-0.39, 0.29) is 18.1 Å². The van der Waals surface area contributed by atoms with E-state index in [4.69, 9.17) is 16.3 Å². The standard InChI is InChI=1S/C13H11ClN2O3S/c1-2-19-13(18)12-8(7-15-16-12)3-4-9(17)10-5-6-11(14)20-10/h3-7H,2H2,1H3,(H,15,16). The molecule has 1 N–H and O–H groups in total. The fourth-order valence-electron chi connectivity index (χ4n) is 1.48. The monoisotopic (exact) mass is 310 g/mol. The Hall–Kier alpha value is -1.92. The Bertz CT molecular complexity index is 660. The molecule has 7 heteroatoms. The first-order valence-electron chi connectivity index (χ1n) is 5.80. The quantitative estimate of drug-likeness (QED) is 0.523. The topological polar surface area (TPSA) is 72.1 Å². The maximum absolute atomic E-state index is 11.9. The van der Waals surface area contributed by atoms with Crippen LogP contribution in [0.15, 0.2) is 24.4 Å². The van der Waals surface area contributed by atoms with Gasteiger partial charge in [0.15, 0.2) is 11.5 Å². The zero-order valence-electron chi connectivity index (χ0n) is 10.6. The first-order valence-corrected chi connectivity index (χ1v) is 6.99. The van der Waals surface area contributed by atoms with Gasteiger partial charge in [0.2, 0.25) is 0 Å². The van der Waals surface area contributed by atoms with Gasteiger partial charge in [0, 0.05) is 5.56 Å². The number of esters is 1. The number of carbonyl (C=O) groups excluding carboxylic acids is 2. The third-order valence-electron chi connectivity index (χ3n) is 2.38. The number of halogens is 1. The van der Waals surface area contributed by atoms with Crippen molar-refractivity contribution in [3.63, 3.8) is 0 Å². The summed E-state index contributed by atoms with van der Waals surface area (Å²) < 4.78 is 5.43. The molecule has 0 aromatic carbocycles. The SMILES string of the molecule is CCOC(=O)c1[nH]ncc1C=CC(=O)c1ccc(Cl)s1. The summed E-state index contributed by atoms with van der Waals surface area (Å²) in [7, 11) is 0. The van der Waals surface area contributed by atoms with E-state index in [0.717, 1.165) is 0 Å². The largest absolute Gasteiger partial charge is 0.461 e. The Balaban J connectivity index is 2.14. The summed E-state index contributed by atoms with van der Waals surface area (Å²) in [6.07, 6.45) is 4.35. The molecule has 5 nitrogen and oxygen atoms in total. The minimum Gasteiger partial charge on any atom is -0.461 e. The molecule has 20 heavy (non-hydrogen) atoms. The predicted octanol–water partition coefficient (Wildman–Crippen LogP) is 3.20. The zero-order valence-corrected chi connectivity index (χ0v) is 12.1. The highest BCUT2D eigenvalue weighted by atomic mass is 35.5. The number of ether oxygens (including phenoxy) is 1. The third kappa shape index (κ3) is 3.34. The number of hydrogen-bond acceptors (Lipinski definition) is 5. The number of nitrogens with one attached hydrogen (secondary N) is 1. The van der Waals surface area contributed by atoms with Gasteiger partial charge in [-0.05, 0) is 31.2 Å². The second-order valence-corrected chi connectivity index (χ2v) is 5.44. The number of ketones is 1. The van der Waals surface area contributed by atoms with Crippen molar-refractivity contribution >= 4 is 40.8 Å². The number of hydrogen-bond donors (Lipinski definition) is 1. The van der Waals surface area contributed by atoms with E-state index < -0.39 is 5.97 Å². The van der Waals surface area contributed by atoms with Gasteiger partial charge in [-0.1, -0.05) is 11.6 Å². The van der Waals surface area contributed by atoms with E-state index in [1.54, 1.807) is 19.1 Å². The van der Waals surface area contributed by atoms with E-state index in [0.29, 0.717) is 14.8 Å². The molecule has 0 aliphatic heterocycles. The number of rotatable bonds is 5. The molecule has 0 saturated carbocycles. The lowest BCUT2D eigenvalue weighted by molar-refractivity contribution is 0.0519. The molecule has 0 unspecified atom stereocenters. The molecule has 0 amide bonds. The molecular formula is C13H11ClN2O3S. The van der Waals surface area contributed by atoms with Gasteiger partial charge in [-0.2, -0.15) is 5.10 Å². The minimum absolute atomic E-state index is 0.182. The smallest absolute Gasteiger partial charge is 0.356 e. The summed E-state index contributed by atoms with van der Waals surface area (Å²) in [5, 5.41) is 6.33. The molecule has 0 saturated heterocycles. The van der Waals surface area contributed by atoms with Gasteiger partial charge in [-0.15, -0.1) is 11.3 Å². The van der Waals surface area contributed by atoms with Crippen LogP contribution in [0.3, 0.4) is 0 Å². The van der Waals surface area contributed by atoms with Crippen LogP contribution in [0.4, 0.5) is 0 Å². The lowest BCUT2D eigenvalue weighted by atomic mass is 10.2. The van der Waals surface area contributed by atoms with Crippen LogP contribution in [0.25, 0.3) is 6.08 Å². The molecular weight excluding hydrogens is 300 g/mol. The van der Waals surface area contributed by atoms with Crippen molar-refractivity contribution in [3.05, 3.63) is 44.9 Å². The van der Waals surface area contributed by atoms with Crippen LogP contribution in [0.2, 0.25) is 4.34 Å². The van der Waals surface area contributed by atoms with Crippen LogP contribution in [0.1, 0.15) is 32.6 Å². The van der Waals surface area contributed by atoms with Gasteiger partial charge < -0.3 is 4.74 Å². The summed E-state index contributed by atoms with van der Waals surface area (Å²) in [4.78, 5) is 24.0. The van der Waals surface area contributed by atoms with E-state index in [1.807, 2.05) is 0 Å². The van der Waals surface area contributed by atoms with E-state index in [2.05, 4.69) is 10.2 Å². The maximum atomic E-state index is 11.9. The molecule has 2 aromatic heterocycles. The van der Waals surface area contributed by atoms with E-state index in [1.165, 1.54) is 29.7 Å². The number of aromatic nitrogens is 2. The molecule has 0 atom stereocenters. The van der Waals surface area contributed by atoms with E-state index >= 15 is 0 Å². The Kier molecular flexibility index (Phi) is 4.70. The molecule has 2 rings (SSSR count). The fourth-order valence-corrected chi connectivity index (χ4v) is 2.45. The van der Waals surface area contributed by atoms with E-state index in [9.17, 15) is 9.59 Å². The van der Waals surface area contributed by atoms with Crippen LogP contribution in [-0.4, -0.2) is 28.6 Å². The molecule has 0 aliphatic carbocycles. The van der Waals surface area contributed by atoms with Crippen molar-refractivity contribution in [1.29, 1.82) is 0 Å². The maximum Gasteiger partial charge on any atom is 0.356 e. The first-order chi connectivity index (χ1) is 9.61. The van der Waals surface area contributed by atoms with Crippen LogP contribution < -0.4 is 0 Å². The highest BCUT2D eigenvalue weighted by Crippen LogP contribution is 2.22. The molecule has 0 bridgehead atoms. The number of thiophene rings is 1. The summed E-state index contributed by atoms with van der Waals surface area (Å²) in [5.74, 6) is -0.686. The fraction of sp³-hybridized carbons (Fsp3) is 0.154. The lowest BCUT2D eigenvalue weighted by Crippen LogP contribution is -2.06. The molecule has 0 aliphatic rings. The Labute approximate surface area is 124 Å². The lowest BCUT2D eigenvalue weighted by Gasteiger charge is -1.99. The Morgan fingerprint density at radius 2 is 2.30 bits per heavy atom. The van der Waals surface area contributed by atoms with Crippen molar-refractivity contribution in [2.45, 2.75) is 6.92 Å². The summed E-state index contributed by atoms with van der Waals surface area (Å²) in [6, 6.07) is 3.32. The third-order valence-corrected chi connectivity index (χ3v) is 3.62. The Morgan fingerprint density at radius 3 is 2.95 bits per heavy atom. The summed E-state index contributed by atoms with van der Waals surface area (Å²) >= 11 is 6.97. The summed E-state index contributed by atoms with van der Waals surface area (Å²) in [5.41, 5.74) is 0.722. The number of H-pyrrole nitrogens is 1. The van der Waals surface area contributed by atoms with Crippen LogP contribution in [-0.2, 0) is 4.74 Å². The van der Waals surface area contributed by atoms with Crippen molar-refractivity contribution in [3.8, 4) is 0 Å². The van der Waals surface area contributed by atoms with Crippen LogP contribution in [0.5, 0.6) is 0 Å². The normalized spacial score (nSPS) is 10.9. The molecule has 2 heterocycles. The average Bonchev–Trinajstić information content (AvgIpc) is 3.04. The van der Waals surface area contributed by atoms with Crippen molar-refractivity contribution < 1.29 is 14.3 Å². The molecule has 0 spiro atoms. The predicted molar refractivity (Wildman–Crippen MR) is 77.2 cm³/mol. The van der Waals surface area contributed by atoms with Gasteiger partial charge in [0.1, 0.15) is 0 Å². The van der Waals surface area contributed by atoms with Gasteiger partial charge in [-0.25, -0.2) is 4.79 Å². The van der Waals surface area contributed by atoms with Crippen LogP contribution in [0, 0.1) is 0 Å². The molecule has 104 valence electrons. The Morgan fingerprint density at radius 1 is 1.50 bits per heavy atom. The summed E-state index contributed by atoms with van der Waals surface area (Å²) in [6.45, 7) is 1.99. The second kappa shape index (κ2) is 6.49. The zero-order chi connectivity index (χ0) is 14.5. The molecule has 0 fully saturated rings. The van der Waals surface area contributed by atoms with Gasteiger partial charge in [0.25, 0.3) is 0 Å². The van der Waals surface area contributed by atoms with Crippen molar-refractivity contribution in [1.82, 2.24) is 10.2 Å².